The van der Waals surface area contributed by atoms with Gasteiger partial charge in [0.1, 0.15) is 5.82 Å². The molecular weight excluding hydrogens is 217 g/mol. The van der Waals surface area contributed by atoms with Crippen LogP contribution in [0.4, 0.5) is 4.39 Å². The van der Waals surface area contributed by atoms with Crippen molar-refractivity contribution in [1.82, 2.24) is 4.57 Å². The topological polar surface area (TPSA) is 22.0 Å². The van der Waals surface area contributed by atoms with Crippen LogP contribution in [0.1, 0.15) is 16.1 Å². The van der Waals surface area contributed by atoms with Gasteiger partial charge >= 0.3 is 0 Å². The third kappa shape index (κ3) is 1.35. The molecule has 1 heterocycles. The van der Waals surface area contributed by atoms with E-state index >= 15 is 0 Å². The minimum absolute atomic E-state index is 0.0700. The van der Waals surface area contributed by atoms with Crippen LogP contribution in [-0.2, 0) is 7.05 Å². The Morgan fingerprint density at radius 2 is 2.13 bits per heavy atom. The summed E-state index contributed by atoms with van der Waals surface area (Å²) in [4.78, 5) is 10.8. The molecule has 0 amide bonds. The smallest absolute Gasteiger partial charge is 0.166 e. The van der Waals surface area contributed by atoms with Gasteiger partial charge in [-0.25, -0.2) is 4.39 Å². The third-order valence-electron chi connectivity index (χ3n) is 2.66. The molecule has 1 aromatic carbocycles. The molecule has 0 bridgehead atoms. The van der Waals surface area contributed by atoms with E-state index in [0.29, 0.717) is 5.69 Å². The summed E-state index contributed by atoms with van der Waals surface area (Å²) in [6.45, 7) is 1.79. The Balaban J connectivity index is 2.96. The maximum Gasteiger partial charge on any atom is 0.166 e. The van der Waals surface area contributed by atoms with Crippen LogP contribution in [0.2, 0.25) is 5.02 Å². The van der Waals surface area contributed by atoms with E-state index in [-0.39, 0.29) is 5.02 Å². The number of benzene rings is 1. The van der Waals surface area contributed by atoms with Crippen LogP contribution in [0, 0.1) is 12.7 Å². The molecule has 1 aromatic heterocycles. The van der Waals surface area contributed by atoms with Gasteiger partial charge in [0, 0.05) is 12.4 Å². The highest BCUT2D eigenvalue weighted by Gasteiger charge is 2.13. The Bertz CT molecular complexity index is 514. The SMILES string of the molecule is Cc1c(C=O)n(C)c2cc(Cl)c(F)cc12. The van der Waals surface area contributed by atoms with Gasteiger partial charge in [-0.3, -0.25) is 4.79 Å². The number of aromatic nitrogens is 1. The van der Waals surface area contributed by atoms with Gasteiger partial charge in [-0.15, -0.1) is 0 Å². The van der Waals surface area contributed by atoms with Crippen molar-refractivity contribution >= 4 is 28.8 Å². The van der Waals surface area contributed by atoms with Crippen molar-refractivity contribution in [1.29, 1.82) is 0 Å². The van der Waals surface area contributed by atoms with Gasteiger partial charge in [-0.1, -0.05) is 11.6 Å². The number of hydrogen-bond donors (Lipinski definition) is 0. The Morgan fingerprint density at radius 1 is 1.47 bits per heavy atom. The maximum absolute atomic E-state index is 13.2. The summed E-state index contributed by atoms with van der Waals surface area (Å²) in [7, 11) is 1.76. The molecule has 0 aliphatic carbocycles. The molecule has 0 fully saturated rings. The molecule has 0 radical (unpaired) electrons. The number of carbonyl (C=O) groups is 1. The van der Waals surface area contributed by atoms with Gasteiger partial charge in [0.05, 0.1) is 16.2 Å². The lowest BCUT2D eigenvalue weighted by atomic mass is 10.1. The lowest BCUT2D eigenvalue weighted by molar-refractivity contribution is 0.111. The Hall–Kier alpha value is -1.35. The van der Waals surface area contributed by atoms with E-state index in [2.05, 4.69) is 0 Å². The molecule has 2 aromatic rings. The number of fused-ring (bicyclic) bond motifs is 1. The van der Waals surface area contributed by atoms with Crippen molar-refractivity contribution in [2.24, 2.45) is 7.05 Å². The molecule has 0 aliphatic heterocycles. The second kappa shape index (κ2) is 3.35. The number of carbonyl (C=O) groups excluding carboxylic acids is 1. The molecule has 15 heavy (non-hydrogen) atoms. The molecule has 0 saturated carbocycles. The van der Waals surface area contributed by atoms with E-state index in [4.69, 9.17) is 11.6 Å². The Kier molecular flexibility index (Phi) is 2.27. The monoisotopic (exact) mass is 225 g/mol. The van der Waals surface area contributed by atoms with Crippen molar-refractivity contribution in [2.75, 3.05) is 0 Å². The third-order valence-corrected chi connectivity index (χ3v) is 2.95. The molecular formula is C11H9ClFNO. The second-order valence-electron chi connectivity index (χ2n) is 3.47. The zero-order chi connectivity index (χ0) is 11.2. The van der Waals surface area contributed by atoms with Crippen molar-refractivity contribution < 1.29 is 9.18 Å². The van der Waals surface area contributed by atoms with Gasteiger partial charge in [0.15, 0.2) is 6.29 Å². The highest BCUT2D eigenvalue weighted by atomic mass is 35.5. The predicted octanol–water partition coefficient (Wildman–Crippen LogP) is 3.09. The number of hydrogen-bond acceptors (Lipinski definition) is 1. The number of halogens is 2. The first-order chi connectivity index (χ1) is 7.06. The molecule has 4 heteroatoms. The molecule has 0 N–H and O–H groups in total. The van der Waals surface area contributed by atoms with Crippen molar-refractivity contribution in [3.8, 4) is 0 Å². The molecule has 0 unspecified atom stereocenters. The summed E-state index contributed by atoms with van der Waals surface area (Å²) in [6, 6.07) is 2.90. The molecule has 2 nitrogen and oxygen atoms in total. The molecule has 78 valence electrons. The summed E-state index contributed by atoms with van der Waals surface area (Å²) in [5.74, 6) is -0.463. The number of aldehydes is 1. The summed E-state index contributed by atoms with van der Waals surface area (Å²) in [5.41, 5.74) is 2.09. The Morgan fingerprint density at radius 3 is 2.73 bits per heavy atom. The minimum Gasteiger partial charge on any atom is -0.341 e. The summed E-state index contributed by atoms with van der Waals surface area (Å²) in [5, 5.41) is 0.794. The molecule has 0 atom stereocenters. The lowest BCUT2D eigenvalue weighted by Gasteiger charge is -1.99. The van der Waals surface area contributed by atoms with Gasteiger partial charge in [0.2, 0.25) is 0 Å². The average molecular weight is 226 g/mol. The van der Waals surface area contributed by atoms with Gasteiger partial charge in [-0.2, -0.15) is 0 Å². The number of rotatable bonds is 1. The fraction of sp³-hybridized carbons (Fsp3) is 0.182. The highest BCUT2D eigenvalue weighted by Crippen LogP contribution is 2.28. The van der Waals surface area contributed by atoms with Crippen molar-refractivity contribution in [2.45, 2.75) is 6.92 Å². The first-order valence-electron chi connectivity index (χ1n) is 4.45. The second-order valence-corrected chi connectivity index (χ2v) is 3.88. The van der Waals surface area contributed by atoms with E-state index in [1.54, 1.807) is 18.5 Å². The summed E-state index contributed by atoms with van der Waals surface area (Å²) < 4.78 is 15.0. The standard InChI is InChI=1S/C11H9ClFNO/c1-6-7-3-9(13)8(12)4-10(7)14(2)11(6)5-15/h3-5H,1-2H3. The van der Waals surface area contributed by atoms with E-state index in [9.17, 15) is 9.18 Å². The van der Waals surface area contributed by atoms with E-state index in [1.807, 2.05) is 0 Å². The van der Waals surface area contributed by atoms with Crippen molar-refractivity contribution in [3.05, 3.63) is 34.2 Å². The first kappa shape index (κ1) is 10.2. The maximum atomic E-state index is 13.2. The fourth-order valence-electron chi connectivity index (χ4n) is 1.80. The van der Waals surface area contributed by atoms with Crippen LogP contribution in [-0.4, -0.2) is 10.9 Å². The highest BCUT2D eigenvalue weighted by molar-refractivity contribution is 6.31. The van der Waals surface area contributed by atoms with Crippen LogP contribution >= 0.6 is 11.6 Å². The van der Waals surface area contributed by atoms with Gasteiger partial charge < -0.3 is 4.57 Å². The van der Waals surface area contributed by atoms with E-state index in [1.165, 1.54) is 12.1 Å². The number of aryl methyl sites for hydroxylation is 2. The van der Waals surface area contributed by atoms with Crippen LogP contribution in [0.15, 0.2) is 12.1 Å². The molecule has 0 aliphatic rings. The van der Waals surface area contributed by atoms with E-state index in [0.717, 1.165) is 22.8 Å². The first-order valence-corrected chi connectivity index (χ1v) is 4.83. The zero-order valence-corrected chi connectivity index (χ0v) is 9.10. The largest absolute Gasteiger partial charge is 0.341 e. The summed E-state index contributed by atoms with van der Waals surface area (Å²) >= 11 is 5.69. The summed E-state index contributed by atoms with van der Waals surface area (Å²) in [6.07, 6.45) is 0.765. The van der Waals surface area contributed by atoms with Gasteiger partial charge in [0.25, 0.3) is 0 Å². The normalized spacial score (nSPS) is 10.9. The average Bonchev–Trinajstić information content (AvgIpc) is 2.42. The Labute approximate surface area is 91.3 Å². The van der Waals surface area contributed by atoms with Crippen molar-refractivity contribution in [3.63, 3.8) is 0 Å². The lowest BCUT2D eigenvalue weighted by Crippen LogP contribution is -1.94. The molecule has 0 saturated heterocycles. The molecule has 2 rings (SSSR count). The van der Waals surface area contributed by atoms with Crippen LogP contribution in [0.3, 0.4) is 0 Å². The molecule has 0 spiro atoms. The van der Waals surface area contributed by atoms with Crippen LogP contribution in [0.25, 0.3) is 10.9 Å². The van der Waals surface area contributed by atoms with Crippen LogP contribution in [0.5, 0.6) is 0 Å². The zero-order valence-electron chi connectivity index (χ0n) is 8.34. The van der Waals surface area contributed by atoms with Gasteiger partial charge in [-0.05, 0) is 24.6 Å². The fourth-order valence-corrected chi connectivity index (χ4v) is 1.96. The predicted molar refractivity (Wildman–Crippen MR) is 58.0 cm³/mol. The minimum atomic E-state index is -0.463. The van der Waals surface area contributed by atoms with Crippen LogP contribution < -0.4 is 0 Å². The quantitative estimate of drug-likeness (QED) is 0.684. The van der Waals surface area contributed by atoms with E-state index < -0.39 is 5.82 Å². The number of nitrogens with zero attached hydrogens (tertiary/aromatic N) is 1.